The zero-order chi connectivity index (χ0) is 21.6. The SMILES string of the molecule is CCN1CCN(CC)CCN(CC(O)COCc2ccccc2)CCN(CP)CC1. The minimum absolute atomic E-state index is 0.377. The van der Waals surface area contributed by atoms with Gasteiger partial charge in [-0.1, -0.05) is 44.2 Å². The third-order valence-electron chi connectivity index (χ3n) is 5.97. The van der Waals surface area contributed by atoms with Gasteiger partial charge < -0.3 is 19.6 Å². The summed E-state index contributed by atoms with van der Waals surface area (Å²) in [5.74, 6) is 0. The molecular formula is C23H43N4O2P. The summed E-state index contributed by atoms with van der Waals surface area (Å²) in [7, 11) is 2.87. The molecule has 6 nitrogen and oxygen atoms in total. The van der Waals surface area contributed by atoms with Gasteiger partial charge in [0, 0.05) is 65.2 Å². The van der Waals surface area contributed by atoms with Gasteiger partial charge in [0.1, 0.15) is 0 Å². The molecule has 0 aromatic heterocycles. The average Bonchev–Trinajstić information content (AvgIpc) is 2.76. The first-order valence-corrected chi connectivity index (χ1v) is 12.3. The Balaban J connectivity index is 1.85. The second-order valence-electron chi connectivity index (χ2n) is 8.12. The Hall–Kier alpha value is -0.590. The van der Waals surface area contributed by atoms with Crippen LogP contribution in [0.25, 0.3) is 0 Å². The Labute approximate surface area is 186 Å². The maximum absolute atomic E-state index is 10.6. The fraction of sp³-hybridized carbons (Fsp3) is 0.739. The highest BCUT2D eigenvalue weighted by molar-refractivity contribution is 7.16. The molecule has 1 aliphatic rings. The van der Waals surface area contributed by atoms with Gasteiger partial charge in [0.05, 0.1) is 19.3 Å². The number of nitrogens with zero attached hydrogens (tertiary/aromatic N) is 4. The first-order chi connectivity index (χ1) is 14.6. The number of rotatable bonds is 9. The Morgan fingerprint density at radius 1 is 0.833 bits per heavy atom. The Kier molecular flexibility index (Phi) is 13.0. The molecule has 0 bridgehead atoms. The fourth-order valence-corrected chi connectivity index (χ4v) is 4.18. The molecule has 0 spiro atoms. The molecule has 1 fully saturated rings. The lowest BCUT2D eigenvalue weighted by Crippen LogP contribution is -2.47. The molecule has 1 aliphatic heterocycles. The van der Waals surface area contributed by atoms with E-state index in [4.69, 9.17) is 4.74 Å². The minimum atomic E-state index is -0.461. The van der Waals surface area contributed by atoms with E-state index < -0.39 is 6.10 Å². The predicted octanol–water partition coefficient (Wildman–Crippen LogP) is 1.66. The topological polar surface area (TPSA) is 42.4 Å². The number of aliphatic hydroxyl groups is 1. The van der Waals surface area contributed by atoms with Crippen LogP contribution in [-0.4, -0.2) is 116 Å². The molecule has 30 heavy (non-hydrogen) atoms. The summed E-state index contributed by atoms with van der Waals surface area (Å²) in [5.41, 5.74) is 1.15. The number of hydrogen-bond acceptors (Lipinski definition) is 6. The standard InChI is InChI=1S/C23H43N4O2P/c1-3-24-10-11-25(4-2)13-16-27(21-30)17-15-26(14-12-24)18-23(28)20-29-19-22-8-6-5-7-9-22/h5-9,23,28H,3-4,10-21,30H2,1-2H3. The maximum atomic E-state index is 10.6. The monoisotopic (exact) mass is 438 g/mol. The van der Waals surface area contributed by atoms with Crippen LogP contribution in [-0.2, 0) is 11.3 Å². The second-order valence-corrected chi connectivity index (χ2v) is 8.49. The molecular weight excluding hydrogens is 395 g/mol. The Bertz CT molecular complexity index is 531. The van der Waals surface area contributed by atoms with E-state index in [0.29, 0.717) is 19.8 Å². The third-order valence-corrected chi connectivity index (χ3v) is 6.49. The van der Waals surface area contributed by atoms with Crippen LogP contribution in [0, 0.1) is 0 Å². The molecule has 0 saturated carbocycles. The lowest BCUT2D eigenvalue weighted by Gasteiger charge is -2.34. The highest BCUT2D eigenvalue weighted by atomic mass is 31.0. The summed E-state index contributed by atoms with van der Waals surface area (Å²) in [5, 5.41) is 10.6. The summed E-state index contributed by atoms with van der Waals surface area (Å²) < 4.78 is 5.76. The number of likely N-dealkylation sites (N-methyl/N-ethyl adjacent to an activating group) is 2. The molecule has 0 amide bonds. The molecule has 2 rings (SSSR count). The van der Waals surface area contributed by atoms with E-state index in [2.05, 4.69) is 54.8 Å². The van der Waals surface area contributed by atoms with Gasteiger partial charge in [-0.3, -0.25) is 9.80 Å². The van der Waals surface area contributed by atoms with Gasteiger partial charge in [0.25, 0.3) is 0 Å². The van der Waals surface area contributed by atoms with Gasteiger partial charge in [-0.2, -0.15) is 0 Å². The van der Waals surface area contributed by atoms with E-state index in [9.17, 15) is 5.11 Å². The van der Waals surface area contributed by atoms with E-state index >= 15 is 0 Å². The molecule has 2 atom stereocenters. The quantitative estimate of drug-likeness (QED) is 0.592. The van der Waals surface area contributed by atoms with E-state index in [1.165, 1.54) is 0 Å². The van der Waals surface area contributed by atoms with Crippen LogP contribution >= 0.6 is 9.24 Å². The zero-order valence-corrected chi connectivity index (χ0v) is 20.2. The summed E-state index contributed by atoms with van der Waals surface area (Å²) in [6.07, 6.45) is 0.534. The molecule has 1 aromatic rings. The van der Waals surface area contributed by atoms with Crippen LogP contribution in [0.5, 0.6) is 0 Å². The smallest absolute Gasteiger partial charge is 0.0900 e. The first kappa shape index (κ1) is 25.7. The van der Waals surface area contributed by atoms with Crippen LogP contribution in [0.3, 0.4) is 0 Å². The summed E-state index contributed by atoms with van der Waals surface area (Å²) in [6, 6.07) is 10.1. The molecule has 0 radical (unpaired) electrons. The molecule has 0 aliphatic carbocycles. The summed E-state index contributed by atoms with van der Waals surface area (Å²) in [4.78, 5) is 10.00. The lowest BCUT2D eigenvalue weighted by molar-refractivity contribution is 0.00684. The van der Waals surface area contributed by atoms with E-state index in [0.717, 1.165) is 77.3 Å². The van der Waals surface area contributed by atoms with Crippen molar-refractivity contribution in [3.63, 3.8) is 0 Å². The number of benzene rings is 1. The van der Waals surface area contributed by atoms with E-state index in [1.807, 2.05) is 18.2 Å². The van der Waals surface area contributed by atoms with E-state index in [-0.39, 0.29) is 0 Å². The van der Waals surface area contributed by atoms with Crippen molar-refractivity contribution in [2.75, 3.05) is 84.9 Å². The van der Waals surface area contributed by atoms with Crippen LogP contribution in [0.4, 0.5) is 0 Å². The molecule has 7 heteroatoms. The van der Waals surface area contributed by atoms with Crippen molar-refractivity contribution in [1.82, 2.24) is 19.6 Å². The van der Waals surface area contributed by atoms with Gasteiger partial charge in [0.2, 0.25) is 0 Å². The lowest BCUT2D eigenvalue weighted by atomic mass is 10.2. The van der Waals surface area contributed by atoms with Crippen molar-refractivity contribution in [3.8, 4) is 0 Å². The van der Waals surface area contributed by atoms with Crippen LogP contribution in [0.15, 0.2) is 30.3 Å². The third kappa shape index (κ3) is 10.1. The van der Waals surface area contributed by atoms with Crippen molar-refractivity contribution in [3.05, 3.63) is 35.9 Å². The average molecular weight is 439 g/mol. The fourth-order valence-electron chi connectivity index (χ4n) is 3.81. The Morgan fingerprint density at radius 3 is 1.83 bits per heavy atom. The van der Waals surface area contributed by atoms with Crippen molar-refractivity contribution in [1.29, 1.82) is 0 Å². The normalized spacial score (nSPS) is 20.5. The summed E-state index contributed by atoms with van der Waals surface area (Å²) >= 11 is 0. The van der Waals surface area contributed by atoms with Gasteiger partial charge in [-0.05, 0) is 18.7 Å². The highest BCUT2D eigenvalue weighted by Gasteiger charge is 2.17. The zero-order valence-electron chi connectivity index (χ0n) is 19.1. The molecule has 172 valence electrons. The molecule has 2 unspecified atom stereocenters. The highest BCUT2D eigenvalue weighted by Crippen LogP contribution is 2.05. The van der Waals surface area contributed by atoms with Crippen molar-refractivity contribution in [2.45, 2.75) is 26.6 Å². The predicted molar refractivity (Wildman–Crippen MR) is 129 cm³/mol. The van der Waals surface area contributed by atoms with Gasteiger partial charge in [-0.15, -0.1) is 9.24 Å². The number of aliphatic hydroxyl groups excluding tert-OH is 1. The van der Waals surface area contributed by atoms with Crippen LogP contribution in [0.2, 0.25) is 0 Å². The van der Waals surface area contributed by atoms with Gasteiger partial charge in [0.15, 0.2) is 0 Å². The first-order valence-electron chi connectivity index (χ1n) is 11.5. The van der Waals surface area contributed by atoms with Gasteiger partial charge >= 0.3 is 0 Å². The number of ether oxygens (including phenoxy) is 1. The number of β-amino-alcohol motifs (C(OH)–C–C–N with tert-alkyl or cyclic N) is 1. The van der Waals surface area contributed by atoms with E-state index in [1.54, 1.807) is 0 Å². The largest absolute Gasteiger partial charge is 0.389 e. The van der Waals surface area contributed by atoms with Crippen molar-refractivity contribution < 1.29 is 9.84 Å². The maximum Gasteiger partial charge on any atom is 0.0900 e. The molecule has 1 N–H and O–H groups in total. The minimum Gasteiger partial charge on any atom is -0.389 e. The van der Waals surface area contributed by atoms with Crippen molar-refractivity contribution >= 4 is 9.24 Å². The molecule has 1 saturated heterocycles. The van der Waals surface area contributed by atoms with Crippen molar-refractivity contribution in [2.24, 2.45) is 0 Å². The number of hydrogen-bond donors (Lipinski definition) is 1. The molecule has 1 heterocycles. The van der Waals surface area contributed by atoms with Crippen LogP contribution < -0.4 is 0 Å². The van der Waals surface area contributed by atoms with Crippen LogP contribution in [0.1, 0.15) is 19.4 Å². The molecule has 1 aromatic carbocycles. The van der Waals surface area contributed by atoms with Gasteiger partial charge in [-0.25, -0.2) is 0 Å². The second kappa shape index (κ2) is 15.3. The Morgan fingerprint density at radius 2 is 1.33 bits per heavy atom. The summed E-state index contributed by atoms with van der Waals surface area (Å²) in [6.45, 7) is 16.8.